The summed E-state index contributed by atoms with van der Waals surface area (Å²) < 4.78 is 0. The summed E-state index contributed by atoms with van der Waals surface area (Å²) in [5.41, 5.74) is 0.979. The van der Waals surface area contributed by atoms with Crippen molar-refractivity contribution in [2.45, 2.75) is 18.9 Å². The number of carbonyl (C=O) groups excluding carboxylic acids is 1. The fourth-order valence-electron chi connectivity index (χ4n) is 2.83. The minimum atomic E-state index is -0.842. The molecule has 116 valence electrons. The van der Waals surface area contributed by atoms with Crippen LogP contribution in [0.2, 0.25) is 0 Å². The lowest BCUT2D eigenvalue weighted by molar-refractivity contribution is 0.0640. The summed E-state index contributed by atoms with van der Waals surface area (Å²) >= 11 is 0. The SMILES string of the molecule is Cc1ccc2ccccc2c1NC(=O)NCC1(O)CCNC1. The number of fused-ring (bicyclic) bond motifs is 1. The molecule has 5 nitrogen and oxygen atoms in total. The van der Waals surface area contributed by atoms with Gasteiger partial charge in [-0.3, -0.25) is 0 Å². The number of aliphatic hydroxyl groups is 1. The molecule has 22 heavy (non-hydrogen) atoms. The maximum Gasteiger partial charge on any atom is 0.319 e. The normalized spacial score (nSPS) is 21.0. The zero-order valence-corrected chi connectivity index (χ0v) is 12.6. The number of aryl methyl sites for hydroxylation is 1. The summed E-state index contributed by atoms with van der Waals surface area (Å²) in [5, 5.41) is 21.1. The second kappa shape index (κ2) is 5.94. The lowest BCUT2D eigenvalue weighted by Gasteiger charge is -2.22. The predicted octanol–water partition coefficient (Wildman–Crippen LogP) is 1.99. The van der Waals surface area contributed by atoms with E-state index in [0.717, 1.165) is 28.6 Å². The lowest BCUT2D eigenvalue weighted by atomic mass is 10.0. The Kier molecular flexibility index (Phi) is 4.00. The van der Waals surface area contributed by atoms with Crippen LogP contribution >= 0.6 is 0 Å². The van der Waals surface area contributed by atoms with Crippen LogP contribution in [-0.4, -0.2) is 36.4 Å². The van der Waals surface area contributed by atoms with Gasteiger partial charge in [-0.1, -0.05) is 36.4 Å². The summed E-state index contributed by atoms with van der Waals surface area (Å²) in [6, 6.07) is 11.7. The summed E-state index contributed by atoms with van der Waals surface area (Å²) in [6.07, 6.45) is 0.653. The smallest absolute Gasteiger partial charge is 0.319 e. The molecular weight excluding hydrogens is 278 g/mol. The highest BCUT2D eigenvalue weighted by molar-refractivity contribution is 6.02. The van der Waals surface area contributed by atoms with Crippen molar-refractivity contribution in [1.29, 1.82) is 0 Å². The Morgan fingerprint density at radius 1 is 1.32 bits per heavy atom. The molecule has 1 heterocycles. The van der Waals surface area contributed by atoms with E-state index in [9.17, 15) is 9.90 Å². The highest BCUT2D eigenvalue weighted by Gasteiger charge is 2.31. The Morgan fingerprint density at radius 2 is 2.14 bits per heavy atom. The molecule has 2 amide bonds. The molecule has 0 spiro atoms. The van der Waals surface area contributed by atoms with Crippen LogP contribution in [0.15, 0.2) is 36.4 Å². The van der Waals surface area contributed by atoms with Crippen molar-refractivity contribution in [1.82, 2.24) is 10.6 Å². The van der Waals surface area contributed by atoms with E-state index in [0.29, 0.717) is 13.0 Å². The Hall–Kier alpha value is -2.11. The molecule has 4 N–H and O–H groups in total. The van der Waals surface area contributed by atoms with Gasteiger partial charge in [0.05, 0.1) is 11.3 Å². The third-order valence-corrected chi connectivity index (χ3v) is 4.18. The minimum absolute atomic E-state index is 0.246. The zero-order valence-electron chi connectivity index (χ0n) is 12.6. The van der Waals surface area contributed by atoms with E-state index in [2.05, 4.69) is 16.0 Å². The highest BCUT2D eigenvalue weighted by Crippen LogP contribution is 2.26. The standard InChI is InChI=1S/C17H21N3O2/c1-12-6-7-13-4-2-3-5-14(13)15(12)20-16(21)19-11-17(22)8-9-18-10-17/h2-7,18,22H,8-11H2,1H3,(H2,19,20,21). The van der Waals surface area contributed by atoms with Gasteiger partial charge in [0.25, 0.3) is 0 Å². The number of rotatable bonds is 3. The average Bonchev–Trinajstić information content (AvgIpc) is 2.95. The number of carbonyl (C=O) groups is 1. The Bertz CT molecular complexity index is 693. The number of hydrogen-bond acceptors (Lipinski definition) is 3. The van der Waals surface area contributed by atoms with Gasteiger partial charge in [-0.05, 0) is 30.8 Å². The molecule has 1 unspecified atom stereocenters. The summed E-state index contributed by atoms with van der Waals surface area (Å²) in [4.78, 5) is 12.2. The van der Waals surface area contributed by atoms with Crippen LogP contribution in [0.3, 0.4) is 0 Å². The second-order valence-electron chi connectivity index (χ2n) is 5.94. The van der Waals surface area contributed by atoms with Crippen molar-refractivity contribution >= 4 is 22.5 Å². The molecule has 1 aliphatic heterocycles. The van der Waals surface area contributed by atoms with E-state index < -0.39 is 5.60 Å². The molecule has 5 heteroatoms. The van der Waals surface area contributed by atoms with Crippen LogP contribution in [0.1, 0.15) is 12.0 Å². The van der Waals surface area contributed by atoms with Crippen molar-refractivity contribution < 1.29 is 9.90 Å². The van der Waals surface area contributed by atoms with Gasteiger partial charge in [0, 0.05) is 18.5 Å². The van der Waals surface area contributed by atoms with Gasteiger partial charge in [-0.15, -0.1) is 0 Å². The zero-order chi connectivity index (χ0) is 15.6. The van der Waals surface area contributed by atoms with Crippen LogP contribution in [0.25, 0.3) is 10.8 Å². The van der Waals surface area contributed by atoms with Crippen LogP contribution < -0.4 is 16.0 Å². The first-order valence-corrected chi connectivity index (χ1v) is 7.54. The second-order valence-corrected chi connectivity index (χ2v) is 5.94. The number of urea groups is 1. The Labute approximate surface area is 129 Å². The number of amides is 2. The number of anilines is 1. The van der Waals surface area contributed by atoms with Gasteiger partial charge in [0.15, 0.2) is 0 Å². The summed E-state index contributed by atoms with van der Waals surface area (Å²) in [7, 11) is 0. The van der Waals surface area contributed by atoms with E-state index in [1.54, 1.807) is 0 Å². The molecule has 2 aromatic carbocycles. The van der Waals surface area contributed by atoms with Crippen molar-refractivity contribution in [3.63, 3.8) is 0 Å². The quantitative estimate of drug-likeness (QED) is 0.700. The molecule has 0 bridgehead atoms. The lowest BCUT2D eigenvalue weighted by Crippen LogP contribution is -2.45. The number of β-amino-alcohol motifs (C(OH)–C–C–N with tert-alkyl or cyclic N) is 1. The van der Waals surface area contributed by atoms with Crippen LogP contribution in [-0.2, 0) is 0 Å². The number of hydrogen-bond donors (Lipinski definition) is 4. The topological polar surface area (TPSA) is 73.4 Å². The largest absolute Gasteiger partial charge is 0.387 e. The van der Waals surface area contributed by atoms with E-state index in [4.69, 9.17) is 0 Å². The molecule has 1 fully saturated rings. The van der Waals surface area contributed by atoms with Gasteiger partial charge in [-0.25, -0.2) is 4.79 Å². The third-order valence-electron chi connectivity index (χ3n) is 4.18. The fourth-order valence-corrected chi connectivity index (χ4v) is 2.83. The molecule has 1 atom stereocenters. The van der Waals surface area contributed by atoms with Crippen LogP contribution in [0.4, 0.5) is 10.5 Å². The van der Waals surface area contributed by atoms with E-state index in [-0.39, 0.29) is 12.6 Å². The average molecular weight is 299 g/mol. The molecular formula is C17H21N3O2. The van der Waals surface area contributed by atoms with Crippen molar-refractivity contribution in [2.24, 2.45) is 0 Å². The van der Waals surface area contributed by atoms with E-state index >= 15 is 0 Å². The van der Waals surface area contributed by atoms with Gasteiger partial charge in [0.2, 0.25) is 0 Å². The van der Waals surface area contributed by atoms with Crippen molar-refractivity contribution in [3.05, 3.63) is 42.0 Å². The molecule has 2 aromatic rings. The molecule has 0 saturated carbocycles. The van der Waals surface area contributed by atoms with Crippen molar-refractivity contribution in [3.8, 4) is 0 Å². The van der Waals surface area contributed by atoms with Crippen LogP contribution in [0, 0.1) is 6.92 Å². The highest BCUT2D eigenvalue weighted by atomic mass is 16.3. The summed E-state index contributed by atoms with van der Waals surface area (Å²) in [5.74, 6) is 0. The van der Waals surface area contributed by atoms with Gasteiger partial charge in [-0.2, -0.15) is 0 Å². The molecule has 0 radical (unpaired) electrons. The molecule has 0 aromatic heterocycles. The van der Waals surface area contributed by atoms with Gasteiger partial charge < -0.3 is 21.1 Å². The molecule has 1 saturated heterocycles. The Morgan fingerprint density at radius 3 is 2.91 bits per heavy atom. The van der Waals surface area contributed by atoms with Crippen LogP contribution in [0.5, 0.6) is 0 Å². The third kappa shape index (κ3) is 3.05. The molecule has 1 aliphatic rings. The van der Waals surface area contributed by atoms with E-state index in [1.165, 1.54) is 0 Å². The van der Waals surface area contributed by atoms with Gasteiger partial charge in [0.1, 0.15) is 0 Å². The fraction of sp³-hybridized carbons (Fsp3) is 0.353. The maximum absolute atomic E-state index is 12.2. The number of nitrogens with one attached hydrogen (secondary N) is 3. The van der Waals surface area contributed by atoms with E-state index in [1.807, 2.05) is 43.3 Å². The number of benzene rings is 2. The predicted molar refractivity (Wildman–Crippen MR) is 88.1 cm³/mol. The van der Waals surface area contributed by atoms with Gasteiger partial charge >= 0.3 is 6.03 Å². The minimum Gasteiger partial charge on any atom is -0.387 e. The molecule has 0 aliphatic carbocycles. The summed E-state index contributed by atoms with van der Waals surface area (Å²) in [6.45, 7) is 3.51. The maximum atomic E-state index is 12.2. The first-order valence-electron chi connectivity index (χ1n) is 7.54. The van der Waals surface area contributed by atoms with Crippen molar-refractivity contribution in [2.75, 3.05) is 25.0 Å². The first-order chi connectivity index (χ1) is 10.6. The Balaban J connectivity index is 1.72. The monoisotopic (exact) mass is 299 g/mol. The first kappa shape index (κ1) is 14.8. The molecule has 3 rings (SSSR count).